The molecule has 0 spiro atoms. The molecule has 1 unspecified atom stereocenters. The van der Waals surface area contributed by atoms with Gasteiger partial charge in [0.1, 0.15) is 5.82 Å². The number of amides is 2. The molecular weight excluding hydrogens is 446 g/mol. The van der Waals surface area contributed by atoms with E-state index in [4.69, 9.17) is 11.6 Å². The van der Waals surface area contributed by atoms with Crippen molar-refractivity contribution in [1.82, 2.24) is 25.0 Å². The van der Waals surface area contributed by atoms with Gasteiger partial charge in [0.05, 0.1) is 18.6 Å². The van der Waals surface area contributed by atoms with Crippen LogP contribution in [0.5, 0.6) is 0 Å². The fourth-order valence-corrected chi connectivity index (χ4v) is 4.84. The molecule has 0 aliphatic carbocycles. The smallest absolute Gasteiger partial charge is 0.318 e. The van der Waals surface area contributed by atoms with Gasteiger partial charge in [-0.2, -0.15) is 0 Å². The first-order valence-electron chi connectivity index (χ1n) is 11.7. The number of nitrogens with zero attached hydrogens (tertiary/aromatic N) is 4. The van der Waals surface area contributed by atoms with Crippen molar-refractivity contribution < 1.29 is 4.79 Å². The first-order valence-corrected chi connectivity index (χ1v) is 12.1. The van der Waals surface area contributed by atoms with Crippen molar-refractivity contribution >= 4 is 28.4 Å². The highest BCUT2D eigenvalue weighted by atomic mass is 35.5. The average Bonchev–Trinajstić information content (AvgIpc) is 3.47. The summed E-state index contributed by atoms with van der Waals surface area (Å²) in [4.78, 5) is 15.2. The molecule has 5 rings (SSSR count). The summed E-state index contributed by atoms with van der Waals surface area (Å²) in [5, 5.41) is 15.1. The minimum absolute atomic E-state index is 0.0677. The molecule has 1 N–H and O–H groups in total. The standard InChI is InChI=1S/C27H28ClN5O/c1-18(22-12-11-21-6-3-4-7-23(21)16-22)29-27(34)32-15-5-8-25(32)26-31-30-19(2)33(26)17-20-9-13-24(28)14-10-20/h3-4,6-7,9-14,16,18,25H,5,8,15,17H2,1-2H3,(H,29,34)/t18-,25?/m0/s1. The van der Waals surface area contributed by atoms with Crippen molar-refractivity contribution in [1.29, 1.82) is 0 Å². The van der Waals surface area contributed by atoms with E-state index in [2.05, 4.69) is 50.4 Å². The molecule has 1 aromatic heterocycles. The molecule has 34 heavy (non-hydrogen) atoms. The van der Waals surface area contributed by atoms with Crippen molar-refractivity contribution in [2.24, 2.45) is 0 Å². The predicted molar refractivity (Wildman–Crippen MR) is 135 cm³/mol. The van der Waals surface area contributed by atoms with Crippen LogP contribution in [0.2, 0.25) is 5.02 Å². The number of rotatable bonds is 5. The lowest BCUT2D eigenvalue weighted by Crippen LogP contribution is -2.41. The predicted octanol–water partition coefficient (Wildman–Crippen LogP) is 6.05. The Hall–Kier alpha value is -3.38. The second-order valence-electron chi connectivity index (χ2n) is 8.95. The molecule has 2 amide bonds. The summed E-state index contributed by atoms with van der Waals surface area (Å²) in [5.41, 5.74) is 2.21. The number of halogens is 1. The zero-order valence-corrected chi connectivity index (χ0v) is 20.2. The second-order valence-corrected chi connectivity index (χ2v) is 9.38. The molecule has 3 aromatic carbocycles. The molecule has 0 bridgehead atoms. The first kappa shape index (κ1) is 22.4. The van der Waals surface area contributed by atoms with Gasteiger partial charge in [-0.05, 0) is 66.8 Å². The van der Waals surface area contributed by atoms with Crippen LogP contribution in [0.3, 0.4) is 0 Å². The van der Waals surface area contributed by atoms with Crippen molar-refractivity contribution in [2.75, 3.05) is 6.54 Å². The molecule has 0 radical (unpaired) electrons. The van der Waals surface area contributed by atoms with Crippen LogP contribution < -0.4 is 5.32 Å². The number of aromatic nitrogens is 3. The van der Waals surface area contributed by atoms with E-state index in [-0.39, 0.29) is 18.1 Å². The van der Waals surface area contributed by atoms with Crippen LogP contribution in [0.15, 0.2) is 66.7 Å². The lowest BCUT2D eigenvalue weighted by atomic mass is 10.0. The molecule has 4 aromatic rings. The van der Waals surface area contributed by atoms with E-state index < -0.39 is 0 Å². The number of hydrogen-bond donors (Lipinski definition) is 1. The first-order chi connectivity index (χ1) is 16.5. The highest BCUT2D eigenvalue weighted by molar-refractivity contribution is 6.30. The molecule has 1 fully saturated rings. The van der Waals surface area contributed by atoms with Crippen molar-refractivity contribution in [2.45, 2.75) is 45.3 Å². The summed E-state index contributed by atoms with van der Waals surface area (Å²) >= 11 is 6.05. The number of urea groups is 1. The fourth-order valence-electron chi connectivity index (χ4n) is 4.72. The third-order valence-corrected chi connectivity index (χ3v) is 6.90. The highest BCUT2D eigenvalue weighted by Gasteiger charge is 2.34. The van der Waals surface area contributed by atoms with Gasteiger partial charge in [0, 0.05) is 11.6 Å². The van der Waals surface area contributed by atoms with E-state index in [0.29, 0.717) is 18.1 Å². The topological polar surface area (TPSA) is 63.1 Å². The number of nitrogens with one attached hydrogen (secondary N) is 1. The second kappa shape index (κ2) is 9.47. The quantitative estimate of drug-likeness (QED) is 0.383. The third-order valence-electron chi connectivity index (χ3n) is 6.64. The van der Waals surface area contributed by atoms with E-state index in [1.54, 1.807) is 0 Å². The Balaban J connectivity index is 1.33. The fraction of sp³-hybridized carbons (Fsp3) is 0.296. The Labute approximate surface area is 204 Å². The van der Waals surface area contributed by atoms with Gasteiger partial charge >= 0.3 is 6.03 Å². The SMILES string of the molecule is Cc1nnc(C2CCCN2C(=O)N[C@@H](C)c2ccc3ccccc3c2)n1Cc1ccc(Cl)cc1. The molecular formula is C27H28ClN5O. The minimum Gasteiger partial charge on any atom is -0.331 e. The van der Waals surface area contributed by atoms with Crippen LogP contribution in [-0.4, -0.2) is 32.2 Å². The summed E-state index contributed by atoms with van der Waals surface area (Å²) in [7, 11) is 0. The molecule has 1 aliphatic heterocycles. The van der Waals surface area contributed by atoms with Crippen LogP contribution >= 0.6 is 11.6 Å². The summed E-state index contributed by atoms with van der Waals surface area (Å²) in [6.45, 7) is 5.33. The highest BCUT2D eigenvalue weighted by Crippen LogP contribution is 2.32. The summed E-state index contributed by atoms with van der Waals surface area (Å²) in [6.07, 6.45) is 1.81. The zero-order valence-electron chi connectivity index (χ0n) is 19.4. The van der Waals surface area contributed by atoms with E-state index in [1.165, 1.54) is 10.8 Å². The Kier molecular flexibility index (Phi) is 6.24. The average molecular weight is 474 g/mol. The van der Waals surface area contributed by atoms with Gasteiger partial charge in [-0.15, -0.1) is 10.2 Å². The van der Waals surface area contributed by atoms with Gasteiger partial charge in [-0.3, -0.25) is 0 Å². The summed E-state index contributed by atoms with van der Waals surface area (Å²) in [6, 6.07) is 22.1. The molecule has 1 saturated heterocycles. The molecule has 174 valence electrons. The number of carbonyl (C=O) groups excluding carboxylic acids is 1. The Bertz CT molecular complexity index is 1320. The lowest BCUT2D eigenvalue weighted by Gasteiger charge is -2.27. The van der Waals surface area contributed by atoms with Crippen molar-refractivity contribution in [3.8, 4) is 0 Å². The van der Waals surface area contributed by atoms with Crippen LogP contribution in [0.4, 0.5) is 4.79 Å². The van der Waals surface area contributed by atoms with E-state index in [1.807, 2.05) is 55.1 Å². The van der Waals surface area contributed by atoms with Gasteiger partial charge in [0.15, 0.2) is 5.82 Å². The Morgan fingerprint density at radius 2 is 1.85 bits per heavy atom. The van der Waals surface area contributed by atoms with Crippen LogP contribution in [-0.2, 0) is 6.54 Å². The molecule has 2 atom stereocenters. The lowest BCUT2D eigenvalue weighted by molar-refractivity contribution is 0.186. The number of fused-ring (bicyclic) bond motifs is 1. The van der Waals surface area contributed by atoms with Gasteiger partial charge in [-0.1, -0.05) is 60.1 Å². The van der Waals surface area contributed by atoms with Crippen LogP contribution in [0.25, 0.3) is 10.8 Å². The molecule has 7 heteroatoms. The zero-order chi connectivity index (χ0) is 23.7. The number of hydrogen-bond acceptors (Lipinski definition) is 3. The van der Waals surface area contributed by atoms with Crippen molar-refractivity contribution in [3.63, 3.8) is 0 Å². The van der Waals surface area contributed by atoms with Gasteiger partial charge in [0.2, 0.25) is 0 Å². The Morgan fingerprint density at radius 1 is 1.09 bits per heavy atom. The maximum Gasteiger partial charge on any atom is 0.318 e. The van der Waals surface area contributed by atoms with Gasteiger partial charge in [-0.25, -0.2) is 4.79 Å². The van der Waals surface area contributed by atoms with Gasteiger partial charge < -0.3 is 14.8 Å². The van der Waals surface area contributed by atoms with E-state index in [9.17, 15) is 4.79 Å². The van der Waals surface area contributed by atoms with Crippen LogP contribution in [0, 0.1) is 6.92 Å². The van der Waals surface area contributed by atoms with E-state index in [0.717, 1.165) is 35.6 Å². The normalized spacial score (nSPS) is 16.7. The van der Waals surface area contributed by atoms with Crippen LogP contribution in [0.1, 0.15) is 54.6 Å². The van der Waals surface area contributed by atoms with Gasteiger partial charge in [0.25, 0.3) is 0 Å². The monoisotopic (exact) mass is 473 g/mol. The molecule has 6 nitrogen and oxygen atoms in total. The maximum absolute atomic E-state index is 13.3. The summed E-state index contributed by atoms with van der Waals surface area (Å²) < 4.78 is 2.10. The molecule has 0 saturated carbocycles. The third kappa shape index (κ3) is 4.50. The van der Waals surface area contributed by atoms with E-state index >= 15 is 0 Å². The summed E-state index contributed by atoms with van der Waals surface area (Å²) in [5.74, 6) is 1.67. The maximum atomic E-state index is 13.3. The number of carbonyl (C=O) groups is 1. The number of likely N-dealkylation sites (tertiary alicyclic amines) is 1. The molecule has 2 heterocycles. The molecule has 1 aliphatic rings. The number of aryl methyl sites for hydroxylation is 1. The largest absolute Gasteiger partial charge is 0.331 e. The van der Waals surface area contributed by atoms with Crippen molar-refractivity contribution in [3.05, 3.63) is 94.5 Å². The minimum atomic E-state index is -0.105. The Morgan fingerprint density at radius 3 is 2.65 bits per heavy atom. The number of benzene rings is 3.